The maximum atomic E-state index is 13.5. The molecule has 2 rings (SSSR count). The highest BCUT2D eigenvalue weighted by Crippen LogP contribution is 2.16. The monoisotopic (exact) mass is 326 g/mol. The van der Waals surface area contributed by atoms with Gasteiger partial charge in [0.15, 0.2) is 0 Å². The van der Waals surface area contributed by atoms with Crippen LogP contribution in [0.15, 0.2) is 47.2 Å². The lowest BCUT2D eigenvalue weighted by atomic mass is 10.1. The molecular weight excluding hydrogens is 315 g/mol. The Morgan fingerprint density at radius 2 is 2.26 bits per heavy atom. The molecule has 100 valence electrons. The summed E-state index contributed by atoms with van der Waals surface area (Å²) in [6, 6.07) is 4.76. The summed E-state index contributed by atoms with van der Waals surface area (Å²) in [7, 11) is 0. The van der Waals surface area contributed by atoms with Crippen LogP contribution in [0.25, 0.3) is 0 Å². The van der Waals surface area contributed by atoms with Crippen molar-refractivity contribution in [3.8, 4) is 0 Å². The molecule has 1 aromatic rings. The number of carbonyl (C=O) groups is 1. The van der Waals surface area contributed by atoms with Crippen molar-refractivity contribution < 1.29 is 14.0 Å². The number of nitrogens with zero attached hydrogens (tertiary/aromatic N) is 1. The zero-order chi connectivity index (χ0) is 13.7. The van der Waals surface area contributed by atoms with Gasteiger partial charge in [0.2, 0.25) is 0 Å². The van der Waals surface area contributed by atoms with Crippen molar-refractivity contribution in [2.24, 2.45) is 0 Å². The average Bonchev–Trinajstić information content (AvgIpc) is 2.39. The van der Waals surface area contributed by atoms with E-state index >= 15 is 0 Å². The molecule has 0 bridgehead atoms. The Hall–Kier alpha value is -1.82. The molecule has 0 aromatic heterocycles. The SMILES string of the molecule is O=C(CCc1ccc(Br)cc1F)ON1C=CC=CN1. The molecule has 1 N–H and O–H groups in total. The second-order valence-electron chi connectivity index (χ2n) is 3.85. The molecule has 0 atom stereocenters. The summed E-state index contributed by atoms with van der Waals surface area (Å²) in [6.07, 6.45) is 7.08. The Kier molecular flexibility index (Phi) is 4.57. The van der Waals surface area contributed by atoms with E-state index in [4.69, 9.17) is 4.84 Å². The fraction of sp³-hybridized carbons (Fsp3) is 0.154. The first-order valence-corrected chi connectivity index (χ1v) is 6.48. The van der Waals surface area contributed by atoms with Gasteiger partial charge in [-0.1, -0.05) is 22.0 Å². The number of halogens is 2. The number of hydroxylamine groups is 1. The van der Waals surface area contributed by atoms with E-state index in [1.807, 2.05) is 0 Å². The van der Waals surface area contributed by atoms with Crippen LogP contribution in [0.5, 0.6) is 0 Å². The lowest BCUT2D eigenvalue weighted by Crippen LogP contribution is -2.33. The largest absolute Gasteiger partial charge is 0.335 e. The molecule has 1 heterocycles. The molecular formula is C13H12BrFN2O2. The third-order valence-electron chi connectivity index (χ3n) is 2.44. The van der Waals surface area contributed by atoms with E-state index in [-0.39, 0.29) is 12.2 Å². The van der Waals surface area contributed by atoms with E-state index in [0.717, 1.165) is 0 Å². The van der Waals surface area contributed by atoms with Crippen molar-refractivity contribution in [3.63, 3.8) is 0 Å². The Labute approximate surface area is 118 Å². The first-order valence-electron chi connectivity index (χ1n) is 5.68. The van der Waals surface area contributed by atoms with Crippen molar-refractivity contribution in [1.29, 1.82) is 0 Å². The molecule has 6 heteroatoms. The number of hydrogen-bond acceptors (Lipinski definition) is 4. The van der Waals surface area contributed by atoms with E-state index in [2.05, 4.69) is 21.4 Å². The first kappa shape index (κ1) is 13.6. The summed E-state index contributed by atoms with van der Waals surface area (Å²) in [4.78, 5) is 16.6. The van der Waals surface area contributed by atoms with E-state index in [0.29, 0.717) is 16.5 Å². The highest BCUT2D eigenvalue weighted by Gasteiger charge is 2.11. The molecule has 1 aliphatic heterocycles. The maximum Gasteiger partial charge on any atom is 0.335 e. The summed E-state index contributed by atoms with van der Waals surface area (Å²) in [5, 5.41) is 1.19. The predicted molar refractivity (Wildman–Crippen MR) is 71.8 cm³/mol. The van der Waals surface area contributed by atoms with Gasteiger partial charge in [-0.25, -0.2) is 9.18 Å². The fourth-order valence-corrected chi connectivity index (χ4v) is 1.85. The number of hydrogen-bond donors (Lipinski definition) is 1. The summed E-state index contributed by atoms with van der Waals surface area (Å²) in [5.74, 6) is -0.768. The van der Waals surface area contributed by atoms with Crippen LogP contribution in [0, 0.1) is 5.82 Å². The lowest BCUT2D eigenvalue weighted by Gasteiger charge is -2.19. The summed E-state index contributed by atoms with van der Waals surface area (Å²) >= 11 is 3.18. The lowest BCUT2D eigenvalue weighted by molar-refractivity contribution is -0.187. The Morgan fingerprint density at radius 1 is 1.42 bits per heavy atom. The van der Waals surface area contributed by atoms with Crippen LogP contribution in [0.1, 0.15) is 12.0 Å². The third-order valence-corrected chi connectivity index (χ3v) is 2.94. The van der Waals surface area contributed by atoms with Gasteiger partial charge in [-0.05, 0) is 36.3 Å². The normalized spacial score (nSPS) is 13.3. The van der Waals surface area contributed by atoms with Gasteiger partial charge in [-0.3, -0.25) is 5.43 Å². The minimum Gasteiger partial charge on any atom is -0.321 e. The van der Waals surface area contributed by atoms with Crippen molar-refractivity contribution in [2.45, 2.75) is 12.8 Å². The molecule has 0 aliphatic carbocycles. The Morgan fingerprint density at radius 3 is 2.95 bits per heavy atom. The van der Waals surface area contributed by atoms with Crippen molar-refractivity contribution in [3.05, 3.63) is 58.6 Å². The van der Waals surface area contributed by atoms with Crippen LogP contribution in [0.3, 0.4) is 0 Å². The number of benzene rings is 1. The first-order chi connectivity index (χ1) is 9.15. The Bertz CT molecular complexity index is 531. The standard InChI is InChI=1S/C13H12BrFN2O2/c14-11-5-3-10(12(15)9-11)4-6-13(18)19-17-8-2-1-7-16-17/h1-3,5,7-9,16H,4,6H2. The topological polar surface area (TPSA) is 41.6 Å². The van der Waals surface area contributed by atoms with E-state index in [1.54, 1.807) is 36.7 Å². The van der Waals surface area contributed by atoms with Crippen LogP contribution >= 0.6 is 15.9 Å². The summed E-state index contributed by atoms with van der Waals surface area (Å²) < 4.78 is 14.2. The molecule has 0 spiro atoms. The number of allylic oxidation sites excluding steroid dienone is 2. The van der Waals surface area contributed by atoms with Crippen LogP contribution in [0.4, 0.5) is 4.39 Å². The Balaban J connectivity index is 1.83. The summed E-state index contributed by atoms with van der Waals surface area (Å²) in [5.41, 5.74) is 3.20. The molecule has 1 aliphatic rings. The van der Waals surface area contributed by atoms with Crippen LogP contribution in [0.2, 0.25) is 0 Å². The number of nitrogens with one attached hydrogen (secondary N) is 1. The number of aryl methyl sites for hydroxylation is 1. The van der Waals surface area contributed by atoms with Gasteiger partial charge in [-0.2, -0.15) is 0 Å². The maximum absolute atomic E-state index is 13.5. The predicted octanol–water partition coefficient (Wildman–Crippen LogP) is 2.83. The second kappa shape index (κ2) is 6.38. The number of rotatable bonds is 4. The smallest absolute Gasteiger partial charge is 0.321 e. The number of carbonyl (C=O) groups excluding carboxylic acids is 1. The molecule has 0 unspecified atom stereocenters. The molecule has 1 aromatic carbocycles. The van der Waals surface area contributed by atoms with E-state index in [9.17, 15) is 9.18 Å². The van der Waals surface area contributed by atoms with Crippen LogP contribution < -0.4 is 5.43 Å². The molecule has 0 radical (unpaired) electrons. The van der Waals surface area contributed by atoms with Gasteiger partial charge in [0.1, 0.15) is 5.82 Å². The third kappa shape index (κ3) is 4.10. The molecule has 19 heavy (non-hydrogen) atoms. The van der Waals surface area contributed by atoms with Gasteiger partial charge in [0, 0.05) is 10.7 Å². The minimum absolute atomic E-state index is 0.105. The van der Waals surface area contributed by atoms with Gasteiger partial charge in [0.25, 0.3) is 0 Å². The zero-order valence-electron chi connectivity index (χ0n) is 9.98. The van der Waals surface area contributed by atoms with Gasteiger partial charge in [-0.15, -0.1) is 5.17 Å². The van der Waals surface area contributed by atoms with Gasteiger partial charge in [0.05, 0.1) is 12.6 Å². The van der Waals surface area contributed by atoms with Crippen LogP contribution in [-0.4, -0.2) is 11.1 Å². The quantitative estimate of drug-likeness (QED) is 0.923. The molecule has 0 saturated carbocycles. The fourth-order valence-electron chi connectivity index (χ4n) is 1.52. The molecule has 0 fully saturated rings. The highest BCUT2D eigenvalue weighted by atomic mass is 79.9. The van der Waals surface area contributed by atoms with Crippen molar-refractivity contribution in [1.82, 2.24) is 10.6 Å². The zero-order valence-corrected chi connectivity index (χ0v) is 11.6. The highest BCUT2D eigenvalue weighted by molar-refractivity contribution is 9.10. The number of hydrazine groups is 1. The van der Waals surface area contributed by atoms with Crippen LogP contribution in [-0.2, 0) is 16.1 Å². The minimum atomic E-state index is -0.435. The molecule has 0 saturated heterocycles. The average molecular weight is 327 g/mol. The second-order valence-corrected chi connectivity index (χ2v) is 4.77. The molecule has 4 nitrogen and oxygen atoms in total. The summed E-state index contributed by atoms with van der Waals surface area (Å²) in [6.45, 7) is 0. The van der Waals surface area contributed by atoms with Gasteiger partial charge >= 0.3 is 5.97 Å². The van der Waals surface area contributed by atoms with E-state index in [1.165, 1.54) is 11.2 Å². The van der Waals surface area contributed by atoms with E-state index < -0.39 is 5.97 Å². The van der Waals surface area contributed by atoms with Gasteiger partial charge < -0.3 is 4.84 Å². The van der Waals surface area contributed by atoms with Crippen molar-refractivity contribution in [2.75, 3.05) is 0 Å². The molecule has 0 amide bonds. The van der Waals surface area contributed by atoms with Crippen molar-refractivity contribution >= 4 is 21.9 Å².